The first-order chi connectivity index (χ1) is 37.7. The van der Waals surface area contributed by atoms with Crippen LogP contribution in [0.4, 0.5) is 0 Å². The molecule has 76 heavy (non-hydrogen) atoms. The van der Waals surface area contributed by atoms with E-state index in [1.54, 1.807) is 0 Å². The summed E-state index contributed by atoms with van der Waals surface area (Å²) in [5, 5.41) is 7.46. The number of nitrogens with zero attached hydrogens (tertiary/aromatic N) is 3. The maximum absolute atomic E-state index is 2.56. The third kappa shape index (κ3) is 5.56. The van der Waals surface area contributed by atoms with Crippen LogP contribution in [0.15, 0.2) is 273 Å². The van der Waals surface area contributed by atoms with E-state index in [2.05, 4.69) is 287 Å². The molecule has 3 nitrogen and oxygen atoms in total. The highest BCUT2D eigenvalue weighted by Crippen LogP contribution is 2.63. The van der Waals surface area contributed by atoms with Gasteiger partial charge in [0.15, 0.2) is 0 Å². The van der Waals surface area contributed by atoms with Crippen LogP contribution < -0.4 is 0 Å². The molecule has 0 unspecified atom stereocenters. The summed E-state index contributed by atoms with van der Waals surface area (Å²) in [5.41, 5.74) is 25.6. The zero-order valence-corrected chi connectivity index (χ0v) is 41.3. The van der Waals surface area contributed by atoms with Crippen molar-refractivity contribution in [3.8, 4) is 61.6 Å². The summed E-state index contributed by atoms with van der Waals surface area (Å²) in [6.07, 6.45) is 0. The van der Waals surface area contributed by atoms with Crippen LogP contribution in [0.2, 0.25) is 0 Å². The number of hydrogen-bond donors (Lipinski definition) is 0. The Bertz CT molecular complexity index is 4870. The lowest BCUT2D eigenvalue weighted by molar-refractivity contribution is 0.794. The van der Waals surface area contributed by atoms with E-state index in [-0.39, 0.29) is 0 Å². The SMILES string of the molecule is c1ccc(-n2c3ccccc3c3cc(-c4ccc(-c5ccc6c(c5)c5cc7c(cc5n6-c5ccc6c(c5)c5ccccc5n6-c5ccccc5)C5(c6ccccc6-c6ccccc65)c5ccccc5-7)cc4)ccc32)cc1. The minimum absolute atomic E-state index is 0.460. The number of rotatable bonds is 5. The fourth-order valence-electron chi connectivity index (χ4n) is 13.9. The van der Waals surface area contributed by atoms with Crippen molar-refractivity contribution in [3.05, 3.63) is 295 Å². The highest BCUT2D eigenvalue weighted by molar-refractivity contribution is 6.15. The Morgan fingerprint density at radius 3 is 1.09 bits per heavy atom. The average Bonchev–Trinajstić information content (AvgIpc) is 4.31. The van der Waals surface area contributed by atoms with E-state index < -0.39 is 5.41 Å². The van der Waals surface area contributed by atoms with Crippen LogP contribution in [-0.4, -0.2) is 13.7 Å². The molecule has 0 bridgehead atoms. The highest BCUT2D eigenvalue weighted by Gasteiger charge is 2.51. The van der Waals surface area contributed by atoms with Crippen molar-refractivity contribution in [2.75, 3.05) is 0 Å². The van der Waals surface area contributed by atoms with E-state index in [1.807, 2.05) is 0 Å². The Kier molecular flexibility index (Phi) is 8.48. The Hall–Kier alpha value is -9.96. The molecule has 0 saturated carbocycles. The minimum Gasteiger partial charge on any atom is -0.309 e. The first-order valence-electron chi connectivity index (χ1n) is 26.4. The summed E-state index contributed by atoms with van der Waals surface area (Å²) >= 11 is 0. The first kappa shape index (κ1) is 41.5. The molecule has 0 amide bonds. The predicted molar refractivity (Wildman–Crippen MR) is 317 cm³/mol. The summed E-state index contributed by atoms with van der Waals surface area (Å²) in [5.74, 6) is 0. The summed E-state index contributed by atoms with van der Waals surface area (Å²) in [4.78, 5) is 0. The molecule has 2 aliphatic rings. The van der Waals surface area contributed by atoms with Crippen LogP contribution in [0, 0.1) is 0 Å². The van der Waals surface area contributed by atoms with E-state index in [0.29, 0.717) is 0 Å². The van der Waals surface area contributed by atoms with Crippen LogP contribution in [0.25, 0.3) is 127 Å². The lowest BCUT2D eigenvalue weighted by atomic mass is 9.70. The van der Waals surface area contributed by atoms with E-state index in [4.69, 9.17) is 0 Å². The Labute approximate surface area is 439 Å². The van der Waals surface area contributed by atoms with Crippen molar-refractivity contribution in [1.82, 2.24) is 13.7 Å². The number of fused-ring (bicyclic) bond motifs is 19. The van der Waals surface area contributed by atoms with Crippen LogP contribution in [0.5, 0.6) is 0 Å². The summed E-state index contributed by atoms with van der Waals surface area (Å²) in [6, 6.07) is 102. The zero-order chi connectivity index (χ0) is 49.6. The average molecular weight is 964 g/mol. The van der Waals surface area contributed by atoms with Gasteiger partial charge in [-0.05, 0) is 158 Å². The molecule has 352 valence electrons. The molecule has 0 aliphatic heterocycles. The standard InChI is InChI=1S/C73H45N3/c1-3-17-50(18-4-1)74-67-29-15-10-24-56(67)59-41-48(35-38-69(59)74)46-31-33-47(34-32-46)49-36-39-70-60(42-49)62-44-58-55-23-9-14-28-65(55)73(63-26-12-7-21-53(63)54-22-8-13-27-64(54)73)66(58)45-72(62)76(70)52-37-40-71-61(43-52)57-25-11-16-30-68(57)75(71)51-19-5-2-6-20-51/h1-45H. The molecule has 0 fully saturated rings. The number of aromatic nitrogens is 3. The number of para-hydroxylation sites is 4. The number of benzene rings is 12. The largest absolute Gasteiger partial charge is 0.309 e. The molecule has 15 aromatic rings. The van der Waals surface area contributed by atoms with Gasteiger partial charge in [-0.15, -0.1) is 0 Å². The fraction of sp³-hybridized carbons (Fsp3) is 0.0137. The first-order valence-corrected chi connectivity index (χ1v) is 26.4. The van der Waals surface area contributed by atoms with E-state index >= 15 is 0 Å². The summed E-state index contributed by atoms with van der Waals surface area (Å²) in [6.45, 7) is 0. The van der Waals surface area contributed by atoms with Gasteiger partial charge in [0.25, 0.3) is 0 Å². The Morgan fingerprint density at radius 1 is 0.197 bits per heavy atom. The van der Waals surface area contributed by atoms with Gasteiger partial charge < -0.3 is 13.7 Å². The lowest BCUT2D eigenvalue weighted by Crippen LogP contribution is -2.25. The number of hydrogen-bond acceptors (Lipinski definition) is 0. The molecule has 3 heterocycles. The molecular formula is C73H45N3. The van der Waals surface area contributed by atoms with Crippen molar-refractivity contribution in [2.45, 2.75) is 5.41 Å². The molecule has 3 heteroatoms. The predicted octanol–water partition coefficient (Wildman–Crippen LogP) is 18.7. The second kappa shape index (κ2) is 15.5. The highest BCUT2D eigenvalue weighted by atomic mass is 15.0. The molecule has 12 aromatic carbocycles. The van der Waals surface area contributed by atoms with Crippen molar-refractivity contribution in [1.29, 1.82) is 0 Å². The van der Waals surface area contributed by atoms with Gasteiger partial charge in [0.1, 0.15) is 0 Å². The van der Waals surface area contributed by atoms with Crippen LogP contribution in [-0.2, 0) is 5.41 Å². The van der Waals surface area contributed by atoms with Crippen molar-refractivity contribution in [2.24, 2.45) is 0 Å². The van der Waals surface area contributed by atoms with E-state index in [1.165, 1.54) is 138 Å². The van der Waals surface area contributed by atoms with Gasteiger partial charge in [-0.25, -0.2) is 0 Å². The molecule has 1 spiro atoms. The fourth-order valence-corrected chi connectivity index (χ4v) is 13.9. The molecule has 0 N–H and O–H groups in total. The van der Waals surface area contributed by atoms with Gasteiger partial charge in [-0.3, -0.25) is 0 Å². The molecular weight excluding hydrogens is 919 g/mol. The molecule has 2 aliphatic carbocycles. The second-order valence-electron chi connectivity index (χ2n) is 20.8. The molecule has 17 rings (SSSR count). The van der Waals surface area contributed by atoms with Crippen molar-refractivity contribution >= 4 is 65.4 Å². The van der Waals surface area contributed by atoms with Gasteiger partial charge in [-0.1, -0.05) is 182 Å². The molecule has 3 aromatic heterocycles. The van der Waals surface area contributed by atoms with Crippen LogP contribution in [0.3, 0.4) is 0 Å². The third-order valence-electron chi connectivity index (χ3n) is 17.0. The summed E-state index contributed by atoms with van der Waals surface area (Å²) < 4.78 is 7.33. The van der Waals surface area contributed by atoms with Crippen molar-refractivity contribution in [3.63, 3.8) is 0 Å². The monoisotopic (exact) mass is 963 g/mol. The van der Waals surface area contributed by atoms with Gasteiger partial charge in [0, 0.05) is 49.4 Å². The van der Waals surface area contributed by atoms with Gasteiger partial charge in [0.05, 0.1) is 38.5 Å². The van der Waals surface area contributed by atoms with E-state index in [9.17, 15) is 0 Å². The molecule has 0 radical (unpaired) electrons. The topological polar surface area (TPSA) is 14.8 Å². The quantitative estimate of drug-likeness (QED) is 0.163. The van der Waals surface area contributed by atoms with Crippen LogP contribution in [0.1, 0.15) is 22.3 Å². The Morgan fingerprint density at radius 2 is 0.566 bits per heavy atom. The zero-order valence-electron chi connectivity index (χ0n) is 41.3. The molecule has 0 saturated heterocycles. The van der Waals surface area contributed by atoms with Crippen LogP contribution >= 0.6 is 0 Å². The summed E-state index contributed by atoms with van der Waals surface area (Å²) in [7, 11) is 0. The maximum Gasteiger partial charge on any atom is 0.0726 e. The lowest BCUT2D eigenvalue weighted by Gasteiger charge is -2.30. The smallest absolute Gasteiger partial charge is 0.0726 e. The maximum atomic E-state index is 2.56. The minimum atomic E-state index is -0.460. The van der Waals surface area contributed by atoms with Gasteiger partial charge in [0.2, 0.25) is 0 Å². The normalized spacial score (nSPS) is 13.1. The van der Waals surface area contributed by atoms with Gasteiger partial charge >= 0.3 is 0 Å². The van der Waals surface area contributed by atoms with E-state index in [0.717, 1.165) is 11.4 Å². The van der Waals surface area contributed by atoms with Gasteiger partial charge in [-0.2, -0.15) is 0 Å². The Balaban J connectivity index is 0.872. The van der Waals surface area contributed by atoms with Crippen molar-refractivity contribution < 1.29 is 0 Å². The molecule has 0 atom stereocenters. The third-order valence-corrected chi connectivity index (χ3v) is 17.0. The second-order valence-corrected chi connectivity index (χ2v) is 20.8.